The van der Waals surface area contributed by atoms with Crippen molar-refractivity contribution < 1.29 is 4.39 Å². The largest absolute Gasteiger partial charge is 0.322 e. The van der Waals surface area contributed by atoms with Crippen molar-refractivity contribution in [2.24, 2.45) is 5.73 Å². The van der Waals surface area contributed by atoms with Gasteiger partial charge in [0.05, 0.1) is 11.7 Å². The minimum atomic E-state index is -0.402. The fraction of sp³-hybridized carbons (Fsp3) is 0.231. The van der Waals surface area contributed by atoms with Crippen LogP contribution in [0.1, 0.15) is 23.1 Å². The topological polar surface area (TPSA) is 51.8 Å². The Balaban J connectivity index is 2.24. The Morgan fingerprint density at radius 2 is 2.17 bits per heavy atom. The number of benzene rings is 1. The van der Waals surface area contributed by atoms with Gasteiger partial charge in [0.1, 0.15) is 11.6 Å². The summed E-state index contributed by atoms with van der Waals surface area (Å²) in [5, 5.41) is 0.385. The van der Waals surface area contributed by atoms with Crippen molar-refractivity contribution in [1.29, 1.82) is 0 Å². The van der Waals surface area contributed by atoms with Crippen LogP contribution in [0, 0.1) is 12.7 Å². The molecule has 0 fully saturated rings. The molecule has 1 heterocycles. The summed E-state index contributed by atoms with van der Waals surface area (Å²) < 4.78 is 13.6. The van der Waals surface area contributed by atoms with Gasteiger partial charge >= 0.3 is 0 Å². The van der Waals surface area contributed by atoms with Gasteiger partial charge in [0, 0.05) is 16.8 Å². The zero-order valence-electron chi connectivity index (χ0n) is 9.90. The number of halogens is 2. The van der Waals surface area contributed by atoms with E-state index in [4.69, 9.17) is 17.3 Å². The fourth-order valence-corrected chi connectivity index (χ4v) is 1.97. The molecule has 3 nitrogen and oxygen atoms in total. The van der Waals surface area contributed by atoms with Gasteiger partial charge < -0.3 is 5.73 Å². The molecule has 2 rings (SSSR count). The van der Waals surface area contributed by atoms with Crippen LogP contribution in [0.5, 0.6) is 0 Å². The van der Waals surface area contributed by atoms with Crippen LogP contribution in [0.15, 0.2) is 30.5 Å². The number of rotatable bonds is 3. The summed E-state index contributed by atoms with van der Waals surface area (Å²) in [5.74, 6) is 0.298. The predicted molar refractivity (Wildman–Crippen MR) is 68.8 cm³/mol. The van der Waals surface area contributed by atoms with E-state index in [0.29, 0.717) is 28.5 Å². The van der Waals surface area contributed by atoms with Gasteiger partial charge in [0.15, 0.2) is 0 Å². The molecule has 1 aromatic heterocycles. The molecule has 1 aromatic carbocycles. The molecule has 0 spiro atoms. The van der Waals surface area contributed by atoms with E-state index in [1.54, 1.807) is 31.3 Å². The molecule has 0 aliphatic rings. The van der Waals surface area contributed by atoms with Crippen molar-refractivity contribution in [3.63, 3.8) is 0 Å². The van der Waals surface area contributed by atoms with E-state index in [0.717, 1.165) is 0 Å². The lowest BCUT2D eigenvalue weighted by Crippen LogP contribution is -2.16. The van der Waals surface area contributed by atoms with Gasteiger partial charge in [-0.1, -0.05) is 17.7 Å². The highest BCUT2D eigenvalue weighted by molar-refractivity contribution is 6.31. The van der Waals surface area contributed by atoms with Crippen molar-refractivity contribution in [1.82, 2.24) is 9.97 Å². The average molecular weight is 266 g/mol. The molecule has 0 aliphatic heterocycles. The minimum absolute atomic E-state index is 0.308. The third-order valence-corrected chi connectivity index (χ3v) is 3.02. The minimum Gasteiger partial charge on any atom is -0.322 e. The SMILES string of the molecule is Cc1nccc(C(N)Cc2c(F)cccc2Cl)n1. The highest BCUT2D eigenvalue weighted by Gasteiger charge is 2.14. The first kappa shape index (κ1) is 12.9. The molecule has 1 atom stereocenters. The first-order chi connectivity index (χ1) is 8.58. The molecule has 18 heavy (non-hydrogen) atoms. The molecule has 0 saturated heterocycles. The molecule has 1 unspecified atom stereocenters. The Morgan fingerprint density at radius 1 is 1.39 bits per heavy atom. The molecule has 0 saturated carbocycles. The zero-order chi connectivity index (χ0) is 13.1. The van der Waals surface area contributed by atoms with Gasteiger partial charge in [-0.05, 0) is 31.5 Å². The van der Waals surface area contributed by atoms with E-state index in [-0.39, 0.29) is 5.82 Å². The van der Waals surface area contributed by atoms with E-state index < -0.39 is 6.04 Å². The number of nitrogens with two attached hydrogens (primary N) is 1. The average Bonchev–Trinajstić information content (AvgIpc) is 2.34. The third-order valence-electron chi connectivity index (χ3n) is 2.66. The van der Waals surface area contributed by atoms with Gasteiger partial charge in [-0.15, -0.1) is 0 Å². The van der Waals surface area contributed by atoms with Crippen molar-refractivity contribution in [2.75, 3.05) is 0 Å². The summed E-state index contributed by atoms with van der Waals surface area (Å²) in [7, 11) is 0. The molecule has 0 aliphatic carbocycles. The summed E-state index contributed by atoms with van der Waals surface area (Å²) in [5.41, 5.74) is 7.12. The van der Waals surface area contributed by atoms with Crippen molar-refractivity contribution >= 4 is 11.6 Å². The van der Waals surface area contributed by atoms with Crippen molar-refractivity contribution in [2.45, 2.75) is 19.4 Å². The molecule has 5 heteroatoms. The molecule has 2 aromatic rings. The molecule has 0 amide bonds. The van der Waals surface area contributed by atoms with Crippen LogP contribution in [0.4, 0.5) is 4.39 Å². The van der Waals surface area contributed by atoms with Crippen molar-refractivity contribution in [3.8, 4) is 0 Å². The summed E-state index contributed by atoms with van der Waals surface area (Å²) in [6.45, 7) is 1.78. The monoisotopic (exact) mass is 265 g/mol. The molecule has 0 radical (unpaired) electrons. The Hall–Kier alpha value is -1.52. The second-order valence-corrected chi connectivity index (χ2v) is 4.45. The maximum atomic E-state index is 13.6. The maximum absolute atomic E-state index is 13.6. The number of hydrogen-bond donors (Lipinski definition) is 1. The van der Waals surface area contributed by atoms with Crippen LogP contribution in [0.3, 0.4) is 0 Å². The van der Waals surface area contributed by atoms with Gasteiger partial charge in [0.25, 0.3) is 0 Å². The Kier molecular flexibility index (Phi) is 3.89. The summed E-state index contributed by atoms with van der Waals surface area (Å²) >= 11 is 5.96. The van der Waals surface area contributed by atoms with Gasteiger partial charge in [-0.3, -0.25) is 0 Å². The normalized spacial score (nSPS) is 12.4. The fourth-order valence-electron chi connectivity index (χ4n) is 1.73. The van der Waals surface area contributed by atoms with Crippen LogP contribution in [0.25, 0.3) is 0 Å². The molecule has 2 N–H and O–H groups in total. The number of aryl methyl sites for hydroxylation is 1. The van der Waals surface area contributed by atoms with Crippen LogP contribution in [-0.2, 0) is 6.42 Å². The van der Waals surface area contributed by atoms with Crippen LogP contribution in [0.2, 0.25) is 5.02 Å². The van der Waals surface area contributed by atoms with Crippen LogP contribution < -0.4 is 5.73 Å². The molecule has 0 bridgehead atoms. The van der Waals surface area contributed by atoms with E-state index in [9.17, 15) is 4.39 Å². The van der Waals surface area contributed by atoms with E-state index >= 15 is 0 Å². The number of hydrogen-bond acceptors (Lipinski definition) is 3. The molecule has 94 valence electrons. The highest BCUT2D eigenvalue weighted by Crippen LogP contribution is 2.23. The summed E-state index contributed by atoms with van der Waals surface area (Å²) in [4.78, 5) is 8.22. The first-order valence-electron chi connectivity index (χ1n) is 5.56. The second-order valence-electron chi connectivity index (χ2n) is 4.04. The molecular formula is C13H13ClFN3. The lowest BCUT2D eigenvalue weighted by molar-refractivity contribution is 0.589. The smallest absolute Gasteiger partial charge is 0.127 e. The standard InChI is InChI=1S/C13H13ClFN3/c1-8-17-6-5-13(18-8)12(16)7-9-10(14)3-2-4-11(9)15/h2-6,12H,7,16H2,1H3. The van der Waals surface area contributed by atoms with Crippen molar-refractivity contribution in [3.05, 3.63) is 58.4 Å². The van der Waals surface area contributed by atoms with Crippen LogP contribution >= 0.6 is 11.6 Å². The highest BCUT2D eigenvalue weighted by atomic mass is 35.5. The second kappa shape index (κ2) is 5.42. The number of nitrogens with zero attached hydrogens (tertiary/aromatic N) is 2. The van der Waals surface area contributed by atoms with Gasteiger partial charge in [-0.25, -0.2) is 14.4 Å². The lowest BCUT2D eigenvalue weighted by atomic mass is 10.0. The maximum Gasteiger partial charge on any atom is 0.127 e. The van der Waals surface area contributed by atoms with E-state index in [1.165, 1.54) is 6.07 Å². The van der Waals surface area contributed by atoms with Gasteiger partial charge in [-0.2, -0.15) is 0 Å². The lowest BCUT2D eigenvalue weighted by Gasteiger charge is -2.13. The zero-order valence-corrected chi connectivity index (χ0v) is 10.7. The van der Waals surface area contributed by atoms with E-state index in [1.807, 2.05) is 0 Å². The summed E-state index contributed by atoms with van der Waals surface area (Å²) in [6, 6.07) is 5.92. The van der Waals surface area contributed by atoms with Crippen LogP contribution in [-0.4, -0.2) is 9.97 Å². The Morgan fingerprint density at radius 3 is 2.83 bits per heavy atom. The predicted octanol–water partition coefficient (Wildman–Crippen LogP) is 2.82. The quantitative estimate of drug-likeness (QED) is 0.928. The Labute approximate surface area is 110 Å². The summed E-state index contributed by atoms with van der Waals surface area (Å²) in [6.07, 6.45) is 1.95. The Bertz CT molecular complexity index is 539. The number of aromatic nitrogens is 2. The van der Waals surface area contributed by atoms with Gasteiger partial charge in [0.2, 0.25) is 0 Å². The third kappa shape index (κ3) is 2.83. The van der Waals surface area contributed by atoms with E-state index in [2.05, 4.69) is 9.97 Å². The first-order valence-corrected chi connectivity index (χ1v) is 5.93. The molecular weight excluding hydrogens is 253 g/mol.